The summed E-state index contributed by atoms with van der Waals surface area (Å²) in [5, 5.41) is 0. The summed E-state index contributed by atoms with van der Waals surface area (Å²) in [6.45, 7) is 1.73. The lowest BCUT2D eigenvalue weighted by Gasteiger charge is -2.23. The van der Waals surface area contributed by atoms with E-state index >= 15 is 0 Å². The van der Waals surface area contributed by atoms with Gasteiger partial charge in [-0.25, -0.2) is 0 Å². The number of ketones is 1. The first kappa shape index (κ1) is 34.3. The van der Waals surface area contributed by atoms with Crippen LogP contribution in [-0.4, -0.2) is 96.3 Å². The Bertz CT molecular complexity index is 1190. The Morgan fingerprint density at radius 1 is 0.619 bits per heavy atom. The number of quaternary nitrogens is 2. The molecule has 0 bridgehead atoms. The number of carbonyl (C=O) groups is 3. The lowest BCUT2D eigenvalue weighted by atomic mass is 10.1. The maximum atomic E-state index is 12.5. The molecular weight excluding hydrogens is 536 g/mol. The standard InChI is InChI=1S/C33H46N2O7/c1-34(2,3)21-9-11-32(37)41-28-19-15-25(23-30(28)39-7)13-17-27(36)18-14-26-16-20-29(31(24-26)40-8)42-33(38)12-10-22-35(4,5)6/h13-20,23-24H,9-12,21-22H2,1-8H3/q+2/b17-13+,18-14+. The molecule has 0 fully saturated rings. The molecule has 9 nitrogen and oxygen atoms in total. The molecule has 228 valence electrons. The number of carbonyl (C=O) groups excluding carboxylic acids is 3. The van der Waals surface area contributed by atoms with E-state index in [9.17, 15) is 14.4 Å². The van der Waals surface area contributed by atoms with Gasteiger partial charge in [0, 0.05) is 12.8 Å². The Balaban J connectivity index is 1.97. The van der Waals surface area contributed by atoms with Crippen molar-refractivity contribution in [1.82, 2.24) is 0 Å². The van der Waals surface area contributed by atoms with E-state index in [1.54, 1.807) is 48.6 Å². The van der Waals surface area contributed by atoms with Crippen molar-refractivity contribution in [2.24, 2.45) is 0 Å². The van der Waals surface area contributed by atoms with Crippen LogP contribution in [0, 0.1) is 0 Å². The number of hydrogen-bond donors (Lipinski definition) is 0. The van der Waals surface area contributed by atoms with Crippen LogP contribution < -0.4 is 18.9 Å². The van der Waals surface area contributed by atoms with E-state index in [0.29, 0.717) is 47.0 Å². The molecule has 2 rings (SSSR count). The van der Waals surface area contributed by atoms with E-state index in [4.69, 9.17) is 18.9 Å². The molecule has 0 N–H and O–H groups in total. The summed E-state index contributed by atoms with van der Waals surface area (Å²) in [7, 11) is 15.4. The van der Waals surface area contributed by atoms with Gasteiger partial charge in [-0.3, -0.25) is 14.4 Å². The van der Waals surface area contributed by atoms with Crippen LogP contribution in [0.3, 0.4) is 0 Å². The van der Waals surface area contributed by atoms with Crippen LogP contribution in [0.4, 0.5) is 0 Å². The van der Waals surface area contributed by atoms with Crippen molar-refractivity contribution in [2.45, 2.75) is 25.7 Å². The Morgan fingerprint density at radius 2 is 1.00 bits per heavy atom. The van der Waals surface area contributed by atoms with Gasteiger partial charge < -0.3 is 27.9 Å². The second-order valence-electron chi connectivity index (χ2n) is 12.1. The van der Waals surface area contributed by atoms with Crippen molar-refractivity contribution in [2.75, 3.05) is 69.6 Å². The first-order chi connectivity index (χ1) is 19.7. The van der Waals surface area contributed by atoms with Crippen LogP contribution in [0.2, 0.25) is 0 Å². The monoisotopic (exact) mass is 582 g/mol. The molecule has 0 aliphatic rings. The van der Waals surface area contributed by atoms with Crippen LogP contribution in [0.25, 0.3) is 12.2 Å². The van der Waals surface area contributed by atoms with Gasteiger partial charge in [-0.2, -0.15) is 0 Å². The number of nitrogens with zero attached hydrogens (tertiary/aromatic N) is 2. The number of allylic oxidation sites excluding steroid dienone is 2. The molecule has 0 radical (unpaired) electrons. The van der Waals surface area contributed by atoms with E-state index < -0.39 is 0 Å². The van der Waals surface area contributed by atoms with Crippen LogP contribution in [0.15, 0.2) is 48.6 Å². The van der Waals surface area contributed by atoms with Gasteiger partial charge in [-0.15, -0.1) is 0 Å². The smallest absolute Gasteiger partial charge is 0.311 e. The van der Waals surface area contributed by atoms with Crippen LogP contribution in [0.5, 0.6) is 23.0 Å². The summed E-state index contributed by atoms with van der Waals surface area (Å²) >= 11 is 0. The van der Waals surface area contributed by atoms with Crippen molar-refractivity contribution in [3.8, 4) is 23.0 Å². The zero-order valence-corrected chi connectivity index (χ0v) is 26.3. The van der Waals surface area contributed by atoms with Gasteiger partial charge in [0.25, 0.3) is 0 Å². The van der Waals surface area contributed by atoms with Crippen molar-refractivity contribution in [3.05, 3.63) is 59.7 Å². The van der Waals surface area contributed by atoms with Crippen LogP contribution >= 0.6 is 0 Å². The molecule has 0 atom stereocenters. The second kappa shape index (κ2) is 15.9. The number of esters is 2. The topological polar surface area (TPSA) is 88.1 Å². The average Bonchev–Trinajstić information content (AvgIpc) is 2.90. The Kier molecular flexibility index (Phi) is 13.0. The summed E-state index contributed by atoms with van der Waals surface area (Å²) in [5.74, 6) is 0.621. The van der Waals surface area contributed by atoms with Crippen molar-refractivity contribution in [1.29, 1.82) is 0 Å². The largest absolute Gasteiger partial charge is 0.493 e. The highest BCUT2D eigenvalue weighted by Crippen LogP contribution is 2.30. The highest BCUT2D eigenvalue weighted by atomic mass is 16.6. The highest BCUT2D eigenvalue weighted by molar-refractivity contribution is 6.04. The zero-order valence-electron chi connectivity index (χ0n) is 26.3. The van der Waals surface area contributed by atoms with Gasteiger partial charge in [-0.05, 0) is 47.5 Å². The van der Waals surface area contributed by atoms with E-state index in [0.717, 1.165) is 34.9 Å². The predicted molar refractivity (Wildman–Crippen MR) is 165 cm³/mol. The Labute approximate surface area is 250 Å². The molecule has 0 aromatic heterocycles. The molecule has 2 aromatic rings. The Hall–Kier alpha value is -3.95. The van der Waals surface area contributed by atoms with Crippen LogP contribution in [0.1, 0.15) is 36.8 Å². The molecular formula is C33H46N2O7+2. The molecule has 0 aliphatic carbocycles. The van der Waals surface area contributed by atoms with E-state index in [1.165, 1.54) is 26.4 Å². The maximum absolute atomic E-state index is 12.5. The summed E-state index contributed by atoms with van der Waals surface area (Å²) in [6, 6.07) is 10.2. The van der Waals surface area contributed by atoms with Crippen molar-refractivity contribution >= 4 is 29.9 Å². The molecule has 0 saturated carbocycles. The highest BCUT2D eigenvalue weighted by Gasteiger charge is 2.15. The number of benzene rings is 2. The molecule has 0 aliphatic heterocycles. The number of rotatable bonds is 16. The molecule has 0 saturated heterocycles. The first-order valence-corrected chi connectivity index (χ1v) is 14.0. The molecule has 42 heavy (non-hydrogen) atoms. The number of ether oxygens (including phenoxy) is 4. The molecule has 0 amide bonds. The lowest BCUT2D eigenvalue weighted by Crippen LogP contribution is -2.35. The van der Waals surface area contributed by atoms with E-state index in [2.05, 4.69) is 42.3 Å². The number of methoxy groups -OCH3 is 2. The SMILES string of the molecule is COc1cc(/C=C/C(=O)/C=C/c2ccc(OC(=O)CCC[N+](C)(C)C)c(OC)c2)ccc1OC(=O)CCC[N+](C)(C)C. The zero-order chi connectivity index (χ0) is 31.3. The first-order valence-electron chi connectivity index (χ1n) is 14.0. The van der Waals surface area contributed by atoms with Crippen LogP contribution in [-0.2, 0) is 14.4 Å². The van der Waals surface area contributed by atoms with Gasteiger partial charge in [0.1, 0.15) is 0 Å². The second-order valence-corrected chi connectivity index (χ2v) is 12.1. The summed E-state index contributed by atoms with van der Waals surface area (Å²) in [5.41, 5.74) is 1.43. The molecule has 2 aromatic carbocycles. The molecule has 0 heterocycles. The third-order valence-corrected chi connectivity index (χ3v) is 6.12. The molecule has 0 spiro atoms. The predicted octanol–water partition coefficient (Wildman–Crippen LogP) is 4.78. The van der Waals surface area contributed by atoms with Crippen molar-refractivity contribution in [3.63, 3.8) is 0 Å². The lowest BCUT2D eigenvalue weighted by molar-refractivity contribution is -0.870. The van der Waals surface area contributed by atoms with E-state index in [-0.39, 0.29) is 17.7 Å². The summed E-state index contributed by atoms with van der Waals surface area (Å²) < 4.78 is 23.3. The van der Waals surface area contributed by atoms with E-state index in [1.807, 2.05) is 0 Å². The fourth-order valence-corrected chi connectivity index (χ4v) is 3.90. The van der Waals surface area contributed by atoms with Gasteiger partial charge >= 0.3 is 11.9 Å². The Morgan fingerprint density at radius 3 is 1.33 bits per heavy atom. The molecule has 0 unspecified atom stereocenters. The van der Waals surface area contributed by atoms with Crippen molar-refractivity contribution < 1.29 is 42.3 Å². The minimum Gasteiger partial charge on any atom is -0.493 e. The summed E-state index contributed by atoms with van der Waals surface area (Å²) in [6.07, 6.45) is 8.27. The quantitative estimate of drug-likeness (QED) is 0.122. The fraction of sp³-hybridized carbons (Fsp3) is 0.424. The average molecular weight is 583 g/mol. The van der Waals surface area contributed by atoms with Gasteiger partial charge in [0.15, 0.2) is 28.8 Å². The fourth-order valence-electron chi connectivity index (χ4n) is 3.90. The third-order valence-electron chi connectivity index (χ3n) is 6.12. The summed E-state index contributed by atoms with van der Waals surface area (Å²) in [4.78, 5) is 37.0. The van der Waals surface area contributed by atoms with Gasteiger partial charge in [0.05, 0.1) is 82.4 Å². The minimum absolute atomic E-state index is 0.228. The number of hydrogen-bond acceptors (Lipinski definition) is 7. The molecule has 9 heteroatoms. The van der Waals surface area contributed by atoms with Gasteiger partial charge in [-0.1, -0.05) is 24.3 Å². The van der Waals surface area contributed by atoms with Gasteiger partial charge in [0.2, 0.25) is 0 Å². The maximum Gasteiger partial charge on any atom is 0.311 e. The minimum atomic E-state index is -0.316. The normalized spacial score (nSPS) is 12.0. The third kappa shape index (κ3) is 13.1.